The summed E-state index contributed by atoms with van der Waals surface area (Å²) < 4.78 is 0. The summed E-state index contributed by atoms with van der Waals surface area (Å²) in [4.78, 5) is 36.7. The number of hydrogen-bond acceptors (Lipinski definition) is 5. The third kappa shape index (κ3) is 3.14. The van der Waals surface area contributed by atoms with Crippen LogP contribution in [-0.2, 0) is 6.54 Å². The fourth-order valence-electron chi connectivity index (χ4n) is 1.62. The number of primary amides is 1. The van der Waals surface area contributed by atoms with E-state index in [1.54, 1.807) is 25.6 Å². The number of pyridine rings is 1. The van der Waals surface area contributed by atoms with Crippen molar-refractivity contribution in [2.45, 2.75) is 6.54 Å². The Morgan fingerprint density at radius 1 is 1.25 bits per heavy atom. The maximum atomic E-state index is 12.2. The number of carbonyl (C=O) groups excluding carboxylic acids is 2. The van der Waals surface area contributed by atoms with Crippen LogP contribution in [0.1, 0.15) is 26.5 Å². The van der Waals surface area contributed by atoms with Crippen LogP contribution in [0.25, 0.3) is 0 Å². The zero-order valence-electron chi connectivity index (χ0n) is 10.9. The Morgan fingerprint density at radius 2 is 2.05 bits per heavy atom. The molecule has 0 aliphatic heterocycles. The fraction of sp³-hybridized carbons (Fsp3) is 0.154. The molecule has 2 aromatic rings. The van der Waals surface area contributed by atoms with E-state index in [0.717, 1.165) is 0 Å². The first-order chi connectivity index (χ1) is 9.58. The van der Waals surface area contributed by atoms with Crippen LogP contribution in [0.2, 0.25) is 0 Å². The first-order valence-corrected chi connectivity index (χ1v) is 5.84. The molecule has 0 atom stereocenters. The molecular weight excluding hydrogens is 258 g/mol. The van der Waals surface area contributed by atoms with Gasteiger partial charge in [-0.3, -0.25) is 24.5 Å². The smallest absolute Gasteiger partial charge is 0.272 e. The van der Waals surface area contributed by atoms with Crippen LogP contribution in [0.3, 0.4) is 0 Å². The number of nitrogens with zero attached hydrogens (tertiary/aromatic N) is 4. The zero-order valence-corrected chi connectivity index (χ0v) is 10.9. The molecule has 0 saturated heterocycles. The summed E-state index contributed by atoms with van der Waals surface area (Å²) >= 11 is 0. The predicted molar refractivity (Wildman–Crippen MR) is 70.6 cm³/mol. The van der Waals surface area contributed by atoms with Crippen LogP contribution in [0.4, 0.5) is 0 Å². The van der Waals surface area contributed by atoms with Gasteiger partial charge in [-0.05, 0) is 12.1 Å². The number of amides is 2. The Kier molecular flexibility index (Phi) is 3.99. The number of carbonyl (C=O) groups is 2. The normalized spacial score (nSPS) is 10.1. The van der Waals surface area contributed by atoms with Gasteiger partial charge in [-0.2, -0.15) is 0 Å². The highest BCUT2D eigenvalue weighted by atomic mass is 16.2. The van der Waals surface area contributed by atoms with E-state index in [9.17, 15) is 9.59 Å². The van der Waals surface area contributed by atoms with Gasteiger partial charge >= 0.3 is 0 Å². The molecule has 0 unspecified atom stereocenters. The van der Waals surface area contributed by atoms with Crippen LogP contribution in [-0.4, -0.2) is 38.7 Å². The van der Waals surface area contributed by atoms with Crippen molar-refractivity contribution in [3.63, 3.8) is 0 Å². The minimum Gasteiger partial charge on any atom is -0.366 e. The average molecular weight is 271 g/mol. The van der Waals surface area contributed by atoms with Gasteiger partial charge in [0.15, 0.2) is 0 Å². The Labute approximate surface area is 115 Å². The van der Waals surface area contributed by atoms with E-state index in [4.69, 9.17) is 5.73 Å². The van der Waals surface area contributed by atoms with Crippen molar-refractivity contribution in [3.05, 3.63) is 53.9 Å². The second-order valence-electron chi connectivity index (χ2n) is 4.15. The van der Waals surface area contributed by atoms with Gasteiger partial charge in [0.25, 0.3) is 5.91 Å². The summed E-state index contributed by atoms with van der Waals surface area (Å²) in [7, 11) is 1.62. The van der Waals surface area contributed by atoms with E-state index in [-0.39, 0.29) is 17.2 Å². The summed E-state index contributed by atoms with van der Waals surface area (Å²) in [6.07, 6.45) is 6.07. The Balaban J connectivity index is 2.14. The lowest BCUT2D eigenvalue weighted by Gasteiger charge is -2.16. The molecule has 2 N–H and O–H groups in total. The lowest BCUT2D eigenvalue weighted by molar-refractivity contribution is 0.0777. The Hall–Kier alpha value is -2.83. The molecule has 0 bridgehead atoms. The highest BCUT2D eigenvalue weighted by Gasteiger charge is 2.15. The van der Waals surface area contributed by atoms with E-state index in [0.29, 0.717) is 12.2 Å². The molecule has 7 nitrogen and oxygen atoms in total. The number of aromatic nitrogens is 3. The van der Waals surface area contributed by atoms with Gasteiger partial charge in [-0.1, -0.05) is 0 Å². The SMILES string of the molecule is CN(Cc1cnccn1)C(=O)c1cc(C(N)=O)ccn1. The topological polar surface area (TPSA) is 102 Å². The van der Waals surface area contributed by atoms with Crippen LogP contribution in [0.5, 0.6) is 0 Å². The van der Waals surface area contributed by atoms with Crippen LogP contribution in [0.15, 0.2) is 36.9 Å². The molecule has 2 amide bonds. The zero-order chi connectivity index (χ0) is 14.5. The molecule has 0 saturated carbocycles. The van der Waals surface area contributed by atoms with E-state index in [2.05, 4.69) is 15.0 Å². The third-order valence-electron chi connectivity index (χ3n) is 2.63. The Morgan fingerprint density at radius 3 is 2.70 bits per heavy atom. The average Bonchev–Trinajstić information content (AvgIpc) is 2.47. The van der Waals surface area contributed by atoms with E-state index >= 15 is 0 Å². The van der Waals surface area contributed by atoms with E-state index < -0.39 is 5.91 Å². The fourth-order valence-corrected chi connectivity index (χ4v) is 1.62. The van der Waals surface area contributed by atoms with Gasteiger partial charge in [0.05, 0.1) is 18.4 Å². The van der Waals surface area contributed by atoms with Crippen molar-refractivity contribution in [1.82, 2.24) is 19.9 Å². The maximum Gasteiger partial charge on any atom is 0.272 e. The molecule has 0 radical (unpaired) electrons. The van der Waals surface area contributed by atoms with Crippen molar-refractivity contribution < 1.29 is 9.59 Å². The molecular formula is C13H13N5O2. The van der Waals surface area contributed by atoms with Crippen molar-refractivity contribution in [3.8, 4) is 0 Å². The first kappa shape index (κ1) is 13.6. The molecule has 2 aromatic heterocycles. The summed E-state index contributed by atoms with van der Waals surface area (Å²) in [6.45, 7) is 0.301. The molecule has 7 heteroatoms. The highest BCUT2D eigenvalue weighted by Crippen LogP contribution is 2.06. The van der Waals surface area contributed by atoms with E-state index in [1.165, 1.54) is 23.2 Å². The molecule has 0 spiro atoms. The van der Waals surface area contributed by atoms with Gasteiger partial charge < -0.3 is 10.6 Å². The molecule has 0 aromatic carbocycles. The van der Waals surface area contributed by atoms with Crippen molar-refractivity contribution in [2.24, 2.45) is 5.73 Å². The van der Waals surface area contributed by atoms with Crippen LogP contribution >= 0.6 is 0 Å². The quantitative estimate of drug-likeness (QED) is 0.858. The third-order valence-corrected chi connectivity index (χ3v) is 2.63. The summed E-state index contributed by atoms with van der Waals surface area (Å²) in [5, 5.41) is 0. The second kappa shape index (κ2) is 5.87. The minimum atomic E-state index is -0.599. The molecule has 0 aliphatic carbocycles. The summed E-state index contributed by atoms with van der Waals surface area (Å²) in [6, 6.07) is 2.83. The minimum absolute atomic E-state index is 0.160. The van der Waals surface area contributed by atoms with Crippen molar-refractivity contribution in [1.29, 1.82) is 0 Å². The van der Waals surface area contributed by atoms with Crippen LogP contribution in [0, 0.1) is 0 Å². The van der Waals surface area contributed by atoms with Gasteiger partial charge in [-0.15, -0.1) is 0 Å². The number of hydrogen-bond donors (Lipinski definition) is 1. The number of rotatable bonds is 4. The van der Waals surface area contributed by atoms with Gasteiger partial charge in [-0.25, -0.2) is 0 Å². The largest absolute Gasteiger partial charge is 0.366 e. The second-order valence-corrected chi connectivity index (χ2v) is 4.15. The number of nitrogens with two attached hydrogens (primary N) is 1. The molecule has 20 heavy (non-hydrogen) atoms. The molecule has 0 aliphatic rings. The lowest BCUT2D eigenvalue weighted by atomic mass is 10.2. The molecule has 2 heterocycles. The van der Waals surface area contributed by atoms with Gasteiger partial charge in [0, 0.05) is 31.2 Å². The monoisotopic (exact) mass is 271 g/mol. The van der Waals surface area contributed by atoms with Crippen molar-refractivity contribution >= 4 is 11.8 Å². The van der Waals surface area contributed by atoms with E-state index in [1.807, 2.05) is 0 Å². The lowest BCUT2D eigenvalue weighted by Crippen LogP contribution is -2.28. The van der Waals surface area contributed by atoms with Gasteiger partial charge in [0.2, 0.25) is 5.91 Å². The summed E-state index contributed by atoms with van der Waals surface area (Å²) in [5.41, 5.74) is 6.24. The van der Waals surface area contributed by atoms with Crippen molar-refractivity contribution in [2.75, 3.05) is 7.05 Å². The Bertz CT molecular complexity index is 630. The standard InChI is InChI=1S/C13H13N5O2/c1-18(8-10-7-15-4-5-16-10)13(20)11-6-9(12(14)19)2-3-17-11/h2-7H,8H2,1H3,(H2,14,19). The first-order valence-electron chi connectivity index (χ1n) is 5.84. The molecule has 102 valence electrons. The highest BCUT2D eigenvalue weighted by molar-refractivity contribution is 5.97. The molecule has 2 rings (SSSR count). The molecule has 0 fully saturated rings. The summed E-state index contributed by atoms with van der Waals surface area (Å²) in [5.74, 6) is -0.920. The maximum absolute atomic E-state index is 12.2. The van der Waals surface area contributed by atoms with Crippen LogP contribution < -0.4 is 5.73 Å². The van der Waals surface area contributed by atoms with Gasteiger partial charge in [0.1, 0.15) is 5.69 Å². The predicted octanol–water partition coefficient (Wildman–Crippen LogP) is 0.243.